The first kappa shape index (κ1) is 20.1. The Morgan fingerprint density at radius 3 is 2.23 bits per heavy atom. The third kappa shape index (κ3) is 3.45. The second-order valence-corrected chi connectivity index (χ2v) is 8.40. The number of Topliss-reactive ketones (excluding diaryl/α,β-unsaturated/α-hetero) is 1. The Morgan fingerprint density at radius 2 is 1.70 bits per heavy atom. The van der Waals surface area contributed by atoms with E-state index in [0.29, 0.717) is 12.6 Å². The zero-order chi connectivity index (χ0) is 21.1. The Hall–Kier alpha value is -3.19. The maximum absolute atomic E-state index is 11.6. The Morgan fingerprint density at radius 1 is 1.10 bits per heavy atom. The SMILES string of the molecule is CC(=O)C[n+]1ccn([C@H]2CC[C@H](C(C#N)(c3ccccc3)c3ccccc3)C2)c1C. The molecule has 0 bridgehead atoms. The number of imidazole rings is 1. The van der Waals surface area contributed by atoms with Gasteiger partial charge in [0.25, 0.3) is 5.82 Å². The molecule has 152 valence electrons. The minimum Gasteiger partial charge on any atom is -0.296 e. The molecule has 1 aliphatic rings. The number of rotatable bonds is 6. The summed E-state index contributed by atoms with van der Waals surface area (Å²) in [5, 5.41) is 10.6. The van der Waals surface area contributed by atoms with Crippen LogP contribution < -0.4 is 4.57 Å². The number of aromatic nitrogens is 2. The molecule has 2 aromatic carbocycles. The molecule has 1 aliphatic carbocycles. The lowest BCUT2D eigenvalue weighted by molar-refractivity contribution is -0.689. The van der Waals surface area contributed by atoms with Crippen LogP contribution in [0.4, 0.5) is 0 Å². The van der Waals surface area contributed by atoms with Gasteiger partial charge in [-0.15, -0.1) is 0 Å². The van der Waals surface area contributed by atoms with Crippen molar-refractivity contribution in [2.24, 2.45) is 5.92 Å². The zero-order valence-corrected chi connectivity index (χ0v) is 17.7. The Labute approximate surface area is 178 Å². The van der Waals surface area contributed by atoms with Crippen LogP contribution in [0, 0.1) is 24.2 Å². The van der Waals surface area contributed by atoms with Gasteiger partial charge in [-0.1, -0.05) is 60.7 Å². The summed E-state index contributed by atoms with van der Waals surface area (Å²) in [7, 11) is 0. The van der Waals surface area contributed by atoms with Crippen LogP contribution >= 0.6 is 0 Å². The van der Waals surface area contributed by atoms with Crippen LogP contribution in [0.3, 0.4) is 0 Å². The van der Waals surface area contributed by atoms with Gasteiger partial charge in [-0.25, -0.2) is 9.13 Å². The highest BCUT2D eigenvalue weighted by molar-refractivity contribution is 5.73. The highest BCUT2D eigenvalue weighted by atomic mass is 16.1. The van der Waals surface area contributed by atoms with E-state index in [2.05, 4.69) is 48.0 Å². The number of carbonyl (C=O) groups is 1. The highest BCUT2D eigenvalue weighted by Gasteiger charge is 2.47. The topological polar surface area (TPSA) is 49.7 Å². The van der Waals surface area contributed by atoms with Crippen molar-refractivity contribution in [1.82, 2.24) is 4.57 Å². The first-order valence-corrected chi connectivity index (χ1v) is 10.6. The standard InChI is InChI=1S/C26H28N3O/c1-20(30)18-28-15-16-29(21(28)2)25-14-13-24(17-25)26(19-27,22-9-5-3-6-10-22)23-11-7-4-8-12-23/h3-12,15-16,24-25H,13-14,17-18H2,1-2H3/q+1/t24-,25-/m0/s1. The van der Waals surface area contributed by atoms with Crippen LogP contribution in [-0.4, -0.2) is 10.4 Å². The molecule has 4 nitrogen and oxygen atoms in total. The van der Waals surface area contributed by atoms with Gasteiger partial charge < -0.3 is 0 Å². The quantitative estimate of drug-likeness (QED) is 0.573. The molecule has 0 saturated heterocycles. The average molecular weight is 399 g/mol. The number of nitrogens with zero attached hydrogens (tertiary/aromatic N) is 3. The van der Waals surface area contributed by atoms with E-state index >= 15 is 0 Å². The molecule has 0 unspecified atom stereocenters. The number of carbonyl (C=O) groups excluding carboxylic acids is 1. The van der Waals surface area contributed by atoms with Crippen LogP contribution in [0.25, 0.3) is 0 Å². The summed E-state index contributed by atoms with van der Waals surface area (Å²) in [6.07, 6.45) is 7.04. The van der Waals surface area contributed by atoms with Crippen molar-refractivity contribution in [3.05, 3.63) is 90.0 Å². The van der Waals surface area contributed by atoms with Gasteiger partial charge in [-0.05, 0) is 43.2 Å². The van der Waals surface area contributed by atoms with Crippen molar-refractivity contribution >= 4 is 5.78 Å². The molecular weight excluding hydrogens is 370 g/mol. The lowest BCUT2D eigenvalue weighted by atomic mass is 9.66. The number of ketones is 1. The van der Waals surface area contributed by atoms with E-state index in [9.17, 15) is 10.1 Å². The largest absolute Gasteiger partial charge is 0.296 e. The summed E-state index contributed by atoms with van der Waals surface area (Å²) >= 11 is 0. The summed E-state index contributed by atoms with van der Waals surface area (Å²) in [5.74, 6) is 1.47. The van der Waals surface area contributed by atoms with Gasteiger partial charge in [0.1, 0.15) is 30.4 Å². The van der Waals surface area contributed by atoms with Gasteiger partial charge in [-0.2, -0.15) is 5.26 Å². The van der Waals surface area contributed by atoms with Crippen LogP contribution in [0.5, 0.6) is 0 Å². The van der Waals surface area contributed by atoms with Gasteiger partial charge in [0, 0.05) is 6.92 Å². The molecule has 0 N–H and O–H groups in total. The average Bonchev–Trinajstić information content (AvgIpc) is 3.38. The molecule has 1 aromatic heterocycles. The molecule has 1 fully saturated rings. The van der Waals surface area contributed by atoms with Crippen molar-refractivity contribution < 1.29 is 9.36 Å². The van der Waals surface area contributed by atoms with Gasteiger partial charge in [-0.3, -0.25) is 4.79 Å². The van der Waals surface area contributed by atoms with E-state index in [-0.39, 0.29) is 11.7 Å². The molecule has 4 rings (SSSR count). The fourth-order valence-corrected chi connectivity index (χ4v) is 5.17. The van der Waals surface area contributed by atoms with E-state index in [1.165, 1.54) is 0 Å². The lowest BCUT2D eigenvalue weighted by Gasteiger charge is -2.34. The maximum Gasteiger partial charge on any atom is 0.253 e. The fourth-order valence-electron chi connectivity index (χ4n) is 5.17. The molecule has 1 heterocycles. The van der Waals surface area contributed by atoms with E-state index in [1.807, 2.05) is 47.2 Å². The third-order valence-electron chi connectivity index (χ3n) is 6.63. The Kier molecular flexibility index (Phi) is 5.55. The smallest absolute Gasteiger partial charge is 0.253 e. The molecule has 2 atom stereocenters. The number of benzene rings is 2. The van der Waals surface area contributed by atoms with Crippen LogP contribution in [0.2, 0.25) is 0 Å². The summed E-state index contributed by atoms with van der Waals surface area (Å²) in [6.45, 7) is 4.10. The summed E-state index contributed by atoms with van der Waals surface area (Å²) in [6, 6.07) is 23.6. The van der Waals surface area contributed by atoms with E-state index in [1.54, 1.807) is 6.92 Å². The molecular formula is C26H28N3O+. The Balaban J connectivity index is 1.70. The van der Waals surface area contributed by atoms with Gasteiger partial charge in [0.2, 0.25) is 0 Å². The fraction of sp³-hybridized carbons (Fsp3) is 0.346. The minimum atomic E-state index is -0.659. The molecule has 1 saturated carbocycles. The minimum absolute atomic E-state index is 0.154. The second-order valence-electron chi connectivity index (χ2n) is 8.40. The lowest BCUT2D eigenvalue weighted by Crippen LogP contribution is -2.39. The molecule has 0 aliphatic heterocycles. The predicted molar refractivity (Wildman–Crippen MR) is 116 cm³/mol. The number of hydrogen-bond donors (Lipinski definition) is 0. The van der Waals surface area contributed by atoms with E-state index in [4.69, 9.17) is 0 Å². The van der Waals surface area contributed by atoms with Crippen molar-refractivity contribution in [3.63, 3.8) is 0 Å². The highest BCUT2D eigenvalue weighted by Crippen LogP contribution is 2.49. The van der Waals surface area contributed by atoms with Gasteiger partial charge in [0.15, 0.2) is 5.78 Å². The first-order valence-electron chi connectivity index (χ1n) is 10.6. The molecule has 4 heteroatoms. The Bertz CT molecular complexity index is 1020. The molecule has 0 radical (unpaired) electrons. The van der Waals surface area contributed by atoms with Crippen LogP contribution in [-0.2, 0) is 16.8 Å². The van der Waals surface area contributed by atoms with Crippen molar-refractivity contribution in [3.8, 4) is 6.07 Å². The van der Waals surface area contributed by atoms with Crippen molar-refractivity contribution in [2.45, 2.75) is 51.1 Å². The van der Waals surface area contributed by atoms with Gasteiger partial charge >= 0.3 is 0 Å². The zero-order valence-electron chi connectivity index (χ0n) is 17.7. The van der Waals surface area contributed by atoms with Crippen molar-refractivity contribution in [2.75, 3.05) is 0 Å². The first-order chi connectivity index (χ1) is 14.6. The summed E-state index contributed by atoms with van der Waals surface area (Å²) in [5.41, 5.74) is 1.48. The summed E-state index contributed by atoms with van der Waals surface area (Å²) in [4.78, 5) is 11.6. The monoisotopic (exact) mass is 398 g/mol. The number of nitriles is 1. The molecule has 30 heavy (non-hydrogen) atoms. The van der Waals surface area contributed by atoms with E-state index in [0.717, 1.165) is 36.2 Å². The van der Waals surface area contributed by atoms with Crippen LogP contribution in [0.1, 0.15) is 49.2 Å². The van der Waals surface area contributed by atoms with Crippen LogP contribution in [0.15, 0.2) is 73.1 Å². The third-order valence-corrected chi connectivity index (χ3v) is 6.63. The van der Waals surface area contributed by atoms with Gasteiger partial charge in [0.05, 0.1) is 6.07 Å². The van der Waals surface area contributed by atoms with E-state index < -0.39 is 5.41 Å². The summed E-state index contributed by atoms with van der Waals surface area (Å²) < 4.78 is 4.31. The normalized spacial score (nSPS) is 18.8. The molecule has 3 aromatic rings. The molecule has 0 spiro atoms. The van der Waals surface area contributed by atoms with Crippen molar-refractivity contribution in [1.29, 1.82) is 5.26 Å². The predicted octanol–water partition coefficient (Wildman–Crippen LogP) is 4.52. The maximum atomic E-state index is 11.6. The second kappa shape index (κ2) is 8.28. The molecule has 0 amide bonds. The number of hydrogen-bond acceptors (Lipinski definition) is 2.